The van der Waals surface area contributed by atoms with E-state index in [1.165, 1.54) is 7.11 Å². The van der Waals surface area contributed by atoms with Gasteiger partial charge in [0.2, 0.25) is 6.79 Å². The van der Waals surface area contributed by atoms with Gasteiger partial charge in [0.1, 0.15) is 0 Å². The number of ether oxygens (including phenoxy) is 1. The van der Waals surface area contributed by atoms with Crippen molar-refractivity contribution < 1.29 is 19.3 Å². The standard InChI is InChI=1S/C8H14O4/c1-10-12-6-11-8(9)7-4-2-3-5-7/h7H,2-6H2,1H3. The summed E-state index contributed by atoms with van der Waals surface area (Å²) in [6.45, 7) is -0.105. The molecule has 0 unspecified atom stereocenters. The van der Waals surface area contributed by atoms with Crippen molar-refractivity contribution in [2.45, 2.75) is 25.7 Å². The maximum atomic E-state index is 11.2. The smallest absolute Gasteiger partial charge is 0.311 e. The molecular weight excluding hydrogens is 160 g/mol. The Morgan fingerprint density at radius 2 is 2.08 bits per heavy atom. The second-order valence-corrected chi connectivity index (χ2v) is 2.85. The fourth-order valence-electron chi connectivity index (χ4n) is 1.41. The van der Waals surface area contributed by atoms with E-state index in [0.29, 0.717) is 0 Å². The molecule has 4 nitrogen and oxygen atoms in total. The number of rotatable bonds is 4. The third-order valence-corrected chi connectivity index (χ3v) is 2.06. The quantitative estimate of drug-likeness (QED) is 0.211. The minimum Gasteiger partial charge on any atom is -0.435 e. The first-order valence-electron chi connectivity index (χ1n) is 4.17. The van der Waals surface area contributed by atoms with Gasteiger partial charge in [0.25, 0.3) is 0 Å². The van der Waals surface area contributed by atoms with Gasteiger partial charge in [-0.05, 0) is 12.8 Å². The minimum atomic E-state index is -0.162. The molecule has 0 bridgehead atoms. The molecule has 1 aliphatic carbocycles. The van der Waals surface area contributed by atoms with E-state index in [0.717, 1.165) is 25.7 Å². The molecule has 70 valence electrons. The molecule has 0 radical (unpaired) electrons. The first-order chi connectivity index (χ1) is 5.84. The lowest BCUT2D eigenvalue weighted by Crippen LogP contribution is -2.16. The van der Waals surface area contributed by atoms with E-state index in [-0.39, 0.29) is 18.7 Å². The Bertz CT molecular complexity index is 140. The molecule has 0 aliphatic heterocycles. The molecule has 0 aromatic rings. The third kappa shape index (κ3) is 2.79. The van der Waals surface area contributed by atoms with E-state index in [2.05, 4.69) is 9.78 Å². The Balaban J connectivity index is 2.10. The predicted molar refractivity (Wildman–Crippen MR) is 41.0 cm³/mol. The molecule has 0 N–H and O–H groups in total. The van der Waals surface area contributed by atoms with Gasteiger partial charge in [0.05, 0.1) is 13.0 Å². The number of esters is 1. The highest BCUT2D eigenvalue weighted by molar-refractivity contribution is 5.72. The average molecular weight is 174 g/mol. The highest BCUT2D eigenvalue weighted by Crippen LogP contribution is 2.25. The van der Waals surface area contributed by atoms with Crippen LogP contribution in [0.1, 0.15) is 25.7 Å². The number of carbonyl (C=O) groups is 1. The lowest BCUT2D eigenvalue weighted by atomic mass is 10.1. The molecule has 4 heteroatoms. The second-order valence-electron chi connectivity index (χ2n) is 2.85. The Kier molecular flexibility index (Phi) is 4.04. The van der Waals surface area contributed by atoms with Gasteiger partial charge in [-0.2, -0.15) is 4.89 Å². The molecule has 0 heterocycles. The first kappa shape index (κ1) is 9.48. The summed E-state index contributed by atoms with van der Waals surface area (Å²) in [5.41, 5.74) is 0. The molecule has 0 atom stereocenters. The van der Waals surface area contributed by atoms with Crippen molar-refractivity contribution in [3.63, 3.8) is 0 Å². The molecule has 12 heavy (non-hydrogen) atoms. The van der Waals surface area contributed by atoms with Gasteiger partial charge < -0.3 is 4.74 Å². The molecule has 0 amide bonds. The molecule has 1 fully saturated rings. The van der Waals surface area contributed by atoms with Crippen molar-refractivity contribution in [3.05, 3.63) is 0 Å². The summed E-state index contributed by atoms with van der Waals surface area (Å²) >= 11 is 0. The van der Waals surface area contributed by atoms with E-state index in [4.69, 9.17) is 4.74 Å². The minimum absolute atomic E-state index is 0.0884. The van der Waals surface area contributed by atoms with Crippen LogP contribution < -0.4 is 0 Å². The molecule has 0 aromatic carbocycles. The van der Waals surface area contributed by atoms with Crippen molar-refractivity contribution in [3.8, 4) is 0 Å². The maximum Gasteiger partial charge on any atom is 0.311 e. The molecule has 0 spiro atoms. The Morgan fingerprint density at radius 3 is 2.67 bits per heavy atom. The van der Waals surface area contributed by atoms with Gasteiger partial charge in [-0.3, -0.25) is 4.79 Å². The molecule has 1 aliphatic rings. The number of carbonyl (C=O) groups excluding carboxylic acids is 1. The summed E-state index contributed by atoms with van der Waals surface area (Å²) in [5, 5.41) is 0. The van der Waals surface area contributed by atoms with E-state index in [1.807, 2.05) is 0 Å². The van der Waals surface area contributed by atoms with Crippen molar-refractivity contribution in [1.82, 2.24) is 0 Å². The monoisotopic (exact) mass is 174 g/mol. The van der Waals surface area contributed by atoms with E-state index >= 15 is 0 Å². The van der Waals surface area contributed by atoms with Gasteiger partial charge in [-0.1, -0.05) is 12.8 Å². The Morgan fingerprint density at radius 1 is 1.42 bits per heavy atom. The average Bonchev–Trinajstić information content (AvgIpc) is 2.56. The summed E-state index contributed by atoms with van der Waals surface area (Å²) in [7, 11) is 1.38. The van der Waals surface area contributed by atoms with Crippen molar-refractivity contribution in [2.75, 3.05) is 13.9 Å². The largest absolute Gasteiger partial charge is 0.435 e. The zero-order valence-electron chi connectivity index (χ0n) is 7.25. The van der Waals surface area contributed by atoms with Crippen molar-refractivity contribution in [1.29, 1.82) is 0 Å². The highest BCUT2D eigenvalue weighted by Gasteiger charge is 2.23. The predicted octanol–water partition coefficient (Wildman–Crippen LogP) is 1.26. The van der Waals surface area contributed by atoms with Crippen LogP contribution in [-0.4, -0.2) is 19.9 Å². The van der Waals surface area contributed by atoms with Crippen LogP contribution in [0.25, 0.3) is 0 Å². The maximum absolute atomic E-state index is 11.2. The number of hydrogen-bond acceptors (Lipinski definition) is 4. The lowest BCUT2D eigenvalue weighted by molar-refractivity contribution is -0.313. The molecule has 0 saturated heterocycles. The van der Waals surface area contributed by atoms with Crippen LogP contribution in [0.3, 0.4) is 0 Å². The number of hydrogen-bond donors (Lipinski definition) is 0. The van der Waals surface area contributed by atoms with Gasteiger partial charge in [0, 0.05) is 0 Å². The molecular formula is C8H14O4. The molecule has 1 rings (SSSR count). The molecule has 0 aromatic heterocycles. The highest BCUT2D eigenvalue weighted by atomic mass is 17.2. The van der Waals surface area contributed by atoms with E-state index in [9.17, 15) is 4.79 Å². The van der Waals surface area contributed by atoms with E-state index in [1.54, 1.807) is 0 Å². The summed E-state index contributed by atoms with van der Waals surface area (Å²) in [4.78, 5) is 19.9. The van der Waals surface area contributed by atoms with Crippen LogP contribution in [0.5, 0.6) is 0 Å². The zero-order chi connectivity index (χ0) is 8.81. The Labute approximate surface area is 71.7 Å². The van der Waals surface area contributed by atoms with E-state index < -0.39 is 0 Å². The fraction of sp³-hybridized carbons (Fsp3) is 0.875. The fourth-order valence-corrected chi connectivity index (χ4v) is 1.41. The van der Waals surface area contributed by atoms with Gasteiger partial charge in [-0.15, -0.1) is 0 Å². The lowest BCUT2D eigenvalue weighted by Gasteiger charge is -2.07. The summed E-state index contributed by atoms with van der Waals surface area (Å²) in [6.07, 6.45) is 4.16. The summed E-state index contributed by atoms with van der Waals surface area (Å²) in [6, 6.07) is 0. The van der Waals surface area contributed by atoms with Crippen molar-refractivity contribution >= 4 is 5.97 Å². The first-order valence-corrected chi connectivity index (χ1v) is 4.17. The van der Waals surface area contributed by atoms with Crippen LogP contribution in [0.2, 0.25) is 0 Å². The molecule has 1 saturated carbocycles. The van der Waals surface area contributed by atoms with Crippen molar-refractivity contribution in [2.24, 2.45) is 5.92 Å². The summed E-state index contributed by atoms with van der Waals surface area (Å²) < 4.78 is 4.78. The van der Waals surface area contributed by atoms with Gasteiger partial charge in [-0.25, -0.2) is 4.89 Å². The van der Waals surface area contributed by atoms with Gasteiger partial charge in [0.15, 0.2) is 0 Å². The zero-order valence-corrected chi connectivity index (χ0v) is 7.25. The van der Waals surface area contributed by atoms with Crippen LogP contribution >= 0.6 is 0 Å². The van der Waals surface area contributed by atoms with Crippen LogP contribution in [-0.2, 0) is 19.3 Å². The van der Waals surface area contributed by atoms with Crippen LogP contribution in [0.4, 0.5) is 0 Å². The topological polar surface area (TPSA) is 44.8 Å². The summed E-state index contributed by atoms with van der Waals surface area (Å²) in [5.74, 6) is -0.0741. The SMILES string of the molecule is COOCOC(=O)C1CCCC1. The van der Waals surface area contributed by atoms with Crippen LogP contribution in [0.15, 0.2) is 0 Å². The second kappa shape index (κ2) is 5.11. The Hall–Kier alpha value is -0.610. The normalized spacial score (nSPS) is 18.1. The third-order valence-electron chi connectivity index (χ3n) is 2.06. The van der Waals surface area contributed by atoms with Crippen LogP contribution in [0, 0.1) is 5.92 Å². The van der Waals surface area contributed by atoms with Gasteiger partial charge >= 0.3 is 5.97 Å².